The summed E-state index contributed by atoms with van der Waals surface area (Å²) in [5.41, 5.74) is 0.909. The molecule has 0 saturated carbocycles. The van der Waals surface area contributed by atoms with Gasteiger partial charge in [0, 0.05) is 69.2 Å². The number of ether oxygens (including phenoxy) is 2. The number of aromatic nitrogens is 1. The van der Waals surface area contributed by atoms with Gasteiger partial charge in [0.15, 0.2) is 0 Å². The quantitative estimate of drug-likeness (QED) is 0.201. The summed E-state index contributed by atoms with van der Waals surface area (Å²) in [4.78, 5) is 37.5. The molecule has 2 amide bonds. The molecule has 0 aliphatic carbocycles. The fraction of sp³-hybridized carbons (Fsp3) is 0.742. The van der Waals surface area contributed by atoms with Gasteiger partial charge in [-0.1, -0.05) is 41.5 Å². The number of aliphatic hydroxyl groups excluding tert-OH is 2. The number of hydrogen-bond acceptors (Lipinski definition) is 8. The van der Waals surface area contributed by atoms with E-state index in [-0.39, 0.29) is 43.4 Å². The van der Waals surface area contributed by atoms with Gasteiger partial charge in [-0.05, 0) is 31.1 Å². The second-order valence-corrected chi connectivity index (χ2v) is 12.0. The van der Waals surface area contributed by atoms with Crippen LogP contribution < -0.4 is 15.0 Å². The van der Waals surface area contributed by atoms with Gasteiger partial charge in [0.2, 0.25) is 5.91 Å². The SMILES string of the molecule is CCOCC(C=NC(=O)[C@@H]1CNC[C@H](C(=O)N(CC(C)C)c2cc(OCCCO)c(C(C)C)cn2)[C@@H]1O)CC(C)C. The highest BCUT2D eigenvalue weighted by Gasteiger charge is 2.42. The van der Waals surface area contributed by atoms with E-state index in [4.69, 9.17) is 9.47 Å². The molecule has 2 rings (SSSR count). The van der Waals surface area contributed by atoms with Crippen LogP contribution in [-0.4, -0.2) is 85.4 Å². The van der Waals surface area contributed by atoms with E-state index < -0.39 is 23.8 Å². The molecule has 10 nitrogen and oxygen atoms in total. The van der Waals surface area contributed by atoms with Crippen LogP contribution in [0.4, 0.5) is 5.82 Å². The highest BCUT2D eigenvalue weighted by atomic mass is 16.5. The van der Waals surface area contributed by atoms with E-state index in [9.17, 15) is 19.8 Å². The second-order valence-electron chi connectivity index (χ2n) is 12.0. The summed E-state index contributed by atoms with van der Waals surface area (Å²) < 4.78 is 11.5. The molecular weight excluding hydrogens is 524 g/mol. The molecule has 0 bridgehead atoms. The lowest BCUT2D eigenvalue weighted by molar-refractivity contribution is -0.134. The first-order valence-electron chi connectivity index (χ1n) is 15.1. The number of anilines is 1. The first-order valence-corrected chi connectivity index (χ1v) is 15.1. The number of rotatable bonds is 16. The molecule has 0 aromatic carbocycles. The van der Waals surface area contributed by atoms with Crippen molar-refractivity contribution in [2.45, 2.75) is 73.3 Å². The van der Waals surface area contributed by atoms with Gasteiger partial charge < -0.3 is 25.0 Å². The van der Waals surface area contributed by atoms with Gasteiger partial charge in [0.05, 0.1) is 31.2 Å². The van der Waals surface area contributed by atoms with Gasteiger partial charge in [-0.15, -0.1) is 0 Å². The average molecular weight is 577 g/mol. The summed E-state index contributed by atoms with van der Waals surface area (Å²) in [5.74, 6) is -0.680. The summed E-state index contributed by atoms with van der Waals surface area (Å²) in [6.07, 6.45) is 3.50. The van der Waals surface area contributed by atoms with Crippen molar-refractivity contribution in [3.8, 4) is 5.75 Å². The van der Waals surface area contributed by atoms with E-state index in [2.05, 4.69) is 29.1 Å². The third-order valence-electron chi connectivity index (χ3n) is 7.06. The number of aliphatic hydroxyl groups is 2. The Hall–Kier alpha value is -2.40. The third-order valence-corrected chi connectivity index (χ3v) is 7.06. The van der Waals surface area contributed by atoms with Crippen LogP contribution in [0.1, 0.15) is 72.8 Å². The Balaban J connectivity index is 2.29. The summed E-state index contributed by atoms with van der Waals surface area (Å²) in [6.45, 7) is 16.6. The van der Waals surface area contributed by atoms with Crippen LogP contribution in [-0.2, 0) is 14.3 Å². The average Bonchev–Trinajstić information content (AvgIpc) is 2.92. The monoisotopic (exact) mass is 576 g/mol. The predicted molar refractivity (Wildman–Crippen MR) is 162 cm³/mol. The van der Waals surface area contributed by atoms with Gasteiger partial charge in [-0.25, -0.2) is 9.98 Å². The lowest BCUT2D eigenvalue weighted by atomic mass is 9.85. The van der Waals surface area contributed by atoms with Crippen LogP contribution >= 0.6 is 0 Å². The Morgan fingerprint density at radius 3 is 2.49 bits per heavy atom. The second kappa shape index (κ2) is 17.5. The van der Waals surface area contributed by atoms with E-state index in [0.717, 1.165) is 12.0 Å². The van der Waals surface area contributed by atoms with Crippen LogP contribution in [0.5, 0.6) is 5.75 Å². The molecule has 1 aliphatic rings. The van der Waals surface area contributed by atoms with Gasteiger partial charge in [0.1, 0.15) is 11.6 Å². The van der Waals surface area contributed by atoms with Crippen LogP contribution in [0.25, 0.3) is 0 Å². The maximum absolute atomic E-state index is 14.0. The van der Waals surface area contributed by atoms with E-state index in [1.165, 1.54) is 0 Å². The smallest absolute Gasteiger partial charge is 0.252 e. The number of carbonyl (C=O) groups excluding carboxylic acids is 2. The van der Waals surface area contributed by atoms with Crippen LogP contribution in [0.15, 0.2) is 17.3 Å². The molecule has 1 aliphatic heterocycles. The molecule has 0 spiro atoms. The Bertz CT molecular complexity index is 983. The number of pyridine rings is 1. The first kappa shape index (κ1) is 34.8. The molecule has 4 atom stereocenters. The lowest BCUT2D eigenvalue weighted by Crippen LogP contribution is -2.56. The van der Waals surface area contributed by atoms with E-state index in [1.807, 2.05) is 34.6 Å². The normalized spacial score (nSPS) is 20.2. The standard InChI is InChI=1S/C31H52N4O6/c1-8-40-19-23(12-20(2)3)14-34-30(38)25-15-32-16-26(29(25)37)31(39)35(18-21(4)5)28-13-27(41-11-9-10-36)24(17-33-28)22(6)7/h13-14,17,20-23,25-26,29,32,36-37H,8-12,15-16,18-19H2,1-7H3/t23?,25-,26+,29-/m1/s1. The molecule has 0 radical (unpaired) electrons. The molecule has 41 heavy (non-hydrogen) atoms. The zero-order valence-electron chi connectivity index (χ0n) is 26.0. The molecule has 1 unspecified atom stereocenters. The zero-order chi connectivity index (χ0) is 30.5. The Labute approximate surface area is 245 Å². The minimum atomic E-state index is -1.19. The van der Waals surface area contributed by atoms with Crippen molar-refractivity contribution in [1.82, 2.24) is 10.3 Å². The van der Waals surface area contributed by atoms with Crippen molar-refractivity contribution in [2.24, 2.45) is 34.6 Å². The predicted octanol–water partition coefficient (Wildman–Crippen LogP) is 3.45. The molecule has 1 fully saturated rings. The minimum Gasteiger partial charge on any atom is -0.493 e. The van der Waals surface area contributed by atoms with Crippen molar-refractivity contribution in [1.29, 1.82) is 0 Å². The number of piperidine rings is 1. The number of hydrogen-bond donors (Lipinski definition) is 3. The molecule has 3 N–H and O–H groups in total. The fourth-order valence-electron chi connectivity index (χ4n) is 4.96. The summed E-state index contributed by atoms with van der Waals surface area (Å²) in [5, 5.41) is 23.6. The molecule has 1 aromatic rings. The Morgan fingerprint density at radius 2 is 1.88 bits per heavy atom. The van der Waals surface area contributed by atoms with Gasteiger partial charge >= 0.3 is 0 Å². The number of aliphatic imine (C=N–C) groups is 1. The highest BCUT2D eigenvalue weighted by Crippen LogP contribution is 2.31. The minimum absolute atomic E-state index is 0.000216. The van der Waals surface area contributed by atoms with Crippen molar-refractivity contribution in [3.05, 3.63) is 17.8 Å². The Kier molecular flexibility index (Phi) is 14.9. The molecular formula is C31H52N4O6. The van der Waals surface area contributed by atoms with Gasteiger partial charge in [0.25, 0.3) is 5.91 Å². The van der Waals surface area contributed by atoms with Gasteiger partial charge in [-0.2, -0.15) is 0 Å². The molecule has 2 heterocycles. The van der Waals surface area contributed by atoms with Crippen LogP contribution in [0, 0.1) is 29.6 Å². The third kappa shape index (κ3) is 10.7. The van der Waals surface area contributed by atoms with E-state index in [1.54, 1.807) is 23.4 Å². The fourth-order valence-corrected chi connectivity index (χ4v) is 4.96. The summed E-state index contributed by atoms with van der Waals surface area (Å²) in [7, 11) is 0. The van der Waals surface area contributed by atoms with Crippen molar-refractivity contribution >= 4 is 23.8 Å². The Morgan fingerprint density at radius 1 is 1.17 bits per heavy atom. The van der Waals surface area contributed by atoms with Crippen molar-refractivity contribution < 1.29 is 29.3 Å². The van der Waals surface area contributed by atoms with Crippen molar-refractivity contribution in [2.75, 3.05) is 51.0 Å². The number of nitrogens with one attached hydrogen (secondary N) is 1. The maximum Gasteiger partial charge on any atom is 0.252 e. The number of nitrogens with zero attached hydrogens (tertiary/aromatic N) is 3. The lowest BCUT2D eigenvalue weighted by Gasteiger charge is -2.36. The number of carbonyl (C=O) groups is 2. The maximum atomic E-state index is 14.0. The van der Waals surface area contributed by atoms with Gasteiger partial charge in [-0.3, -0.25) is 14.5 Å². The van der Waals surface area contributed by atoms with E-state index in [0.29, 0.717) is 50.3 Å². The van der Waals surface area contributed by atoms with Crippen molar-refractivity contribution in [3.63, 3.8) is 0 Å². The van der Waals surface area contributed by atoms with Crippen LogP contribution in [0.3, 0.4) is 0 Å². The summed E-state index contributed by atoms with van der Waals surface area (Å²) >= 11 is 0. The summed E-state index contributed by atoms with van der Waals surface area (Å²) in [6, 6.07) is 1.76. The largest absolute Gasteiger partial charge is 0.493 e. The highest BCUT2D eigenvalue weighted by molar-refractivity contribution is 5.96. The van der Waals surface area contributed by atoms with E-state index >= 15 is 0 Å². The number of amides is 2. The first-order chi connectivity index (χ1) is 19.5. The molecule has 232 valence electrons. The zero-order valence-corrected chi connectivity index (χ0v) is 26.0. The molecule has 1 saturated heterocycles. The molecule has 1 aromatic heterocycles. The molecule has 10 heteroatoms. The van der Waals surface area contributed by atoms with Crippen LogP contribution in [0.2, 0.25) is 0 Å². The topological polar surface area (TPSA) is 134 Å².